The van der Waals surface area contributed by atoms with Crippen molar-refractivity contribution < 1.29 is 9.18 Å². The summed E-state index contributed by atoms with van der Waals surface area (Å²) in [4.78, 5) is 18.5. The lowest BCUT2D eigenvalue weighted by atomic mass is 9.98. The number of nitrogens with one attached hydrogen (secondary N) is 1. The van der Waals surface area contributed by atoms with Gasteiger partial charge in [0, 0.05) is 29.0 Å². The Morgan fingerprint density at radius 3 is 2.96 bits per heavy atom. The Bertz CT molecular complexity index is 982. The second-order valence-electron chi connectivity index (χ2n) is 6.61. The van der Waals surface area contributed by atoms with Gasteiger partial charge < -0.3 is 5.32 Å². The number of fused-ring (bicyclic) bond motifs is 1. The number of urea groups is 1. The number of amides is 2. The molecule has 5 rings (SSSR count). The number of pyridine rings is 1. The molecule has 2 aliphatic rings. The molecule has 0 bridgehead atoms. The number of carbonyl (C=O) groups is 1. The van der Waals surface area contributed by atoms with Gasteiger partial charge in [-0.3, -0.25) is 9.88 Å². The first kappa shape index (κ1) is 14.8. The maximum Gasteiger partial charge on any atom is 0.322 e. The van der Waals surface area contributed by atoms with Gasteiger partial charge in [-0.05, 0) is 59.5 Å². The fourth-order valence-corrected chi connectivity index (χ4v) is 4.49. The van der Waals surface area contributed by atoms with E-state index < -0.39 is 0 Å². The van der Waals surface area contributed by atoms with Crippen molar-refractivity contribution in [3.63, 3.8) is 0 Å². The van der Waals surface area contributed by atoms with Crippen LogP contribution in [0.4, 0.5) is 14.9 Å². The monoisotopic (exact) mass is 353 g/mol. The number of halogens is 1. The van der Waals surface area contributed by atoms with E-state index in [0.29, 0.717) is 23.5 Å². The second-order valence-corrected chi connectivity index (χ2v) is 7.56. The molecule has 2 fully saturated rings. The summed E-state index contributed by atoms with van der Waals surface area (Å²) >= 11 is 1.48. The van der Waals surface area contributed by atoms with Gasteiger partial charge in [0.1, 0.15) is 5.82 Å². The first-order valence-corrected chi connectivity index (χ1v) is 9.28. The molecule has 4 nitrogen and oxygen atoms in total. The molecule has 1 atom stereocenters. The van der Waals surface area contributed by atoms with Gasteiger partial charge in [0.15, 0.2) is 0 Å². The van der Waals surface area contributed by atoms with E-state index in [-0.39, 0.29) is 17.9 Å². The zero-order chi connectivity index (χ0) is 17.0. The van der Waals surface area contributed by atoms with E-state index in [1.165, 1.54) is 35.8 Å². The summed E-state index contributed by atoms with van der Waals surface area (Å²) in [5, 5.41) is 5.37. The first-order valence-electron chi connectivity index (χ1n) is 8.40. The highest BCUT2D eigenvalue weighted by molar-refractivity contribution is 7.17. The zero-order valence-corrected chi connectivity index (χ0v) is 14.2. The van der Waals surface area contributed by atoms with Gasteiger partial charge in [-0.1, -0.05) is 0 Å². The Morgan fingerprint density at radius 1 is 1.24 bits per heavy atom. The second kappa shape index (κ2) is 5.52. The summed E-state index contributed by atoms with van der Waals surface area (Å²) in [6.07, 6.45) is 6.02. The molecule has 0 spiro atoms. The Labute approximate surface area is 148 Å². The first-order chi connectivity index (χ1) is 12.2. The van der Waals surface area contributed by atoms with Crippen LogP contribution >= 0.6 is 11.3 Å². The van der Waals surface area contributed by atoms with Gasteiger partial charge in [0.05, 0.1) is 11.7 Å². The Balaban J connectivity index is 1.62. The lowest BCUT2D eigenvalue weighted by molar-refractivity contribution is 0.251. The molecular weight excluding hydrogens is 337 g/mol. The SMILES string of the molecule is O=C1NCC(c2cnccc2C2CC2)N1c1cc(F)c2ccsc2c1. The number of nitrogens with zero attached hydrogens (tertiary/aromatic N) is 2. The highest BCUT2D eigenvalue weighted by Gasteiger charge is 2.37. The van der Waals surface area contributed by atoms with Gasteiger partial charge in [0.2, 0.25) is 0 Å². The van der Waals surface area contributed by atoms with Gasteiger partial charge in [-0.25, -0.2) is 9.18 Å². The number of rotatable bonds is 3. The predicted octanol–water partition coefficient (Wildman–Crippen LogP) is 4.58. The average Bonchev–Trinajstić information content (AvgIpc) is 3.22. The van der Waals surface area contributed by atoms with Crippen LogP contribution in [0.1, 0.15) is 35.9 Å². The van der Waals surface area contributed by atoms with Gasteiger partial charge in [-0.15, -0.1) is 11.3 Å². The molecule has 1 aliphatic carbocycles. The molecule has 6 heteroatoms. The van der Waals surface area contributed by atoms with Crippen molar-refractivity contribution in [1.29, 1.82) is 0 Å². The standard InChI is InChI=1S/C19H16FN3OS/c20-16-7-12(8-18-14(16)4-6-25-18)23-17(10-22-19(23)24)15-9-21-5-3-13(15)11-1-2-11/h3-9,11,17H,1-2,10H2,(H,22,24). The summed E-state index contributed by atoms with van der Waals surface area (Å²) in [5.74, 6) is 0.271. The van der Waals surface area contributed by atoms with Crippen molar-refractivity contribution in [3.05, 3.63) is 59.0 Å². The van der Waals surface area contributed by atoms with Crippen LogP contribution in [0.2, 0.25) is 0 Å². The Hall–Kier alpha value is -2.47. The van der Waals surface area contributed by atoms with Crippen molar-refractivity contribution in [2.75, 3.05) is 11.4 Å². The van der Waals surface area contributed by atoms with Crippen LogP contribution in [0, 0.1) is 5.82 Å². The summed E-state index contributed by atoms with van der Waals surface area (Å²) in [6.45, 7) is 0.508. The fourth-order valence-electron chi connectivity index (χ4n) is 3.66. The van der Waals surface area contributed by atoms with Crippen molar-refractivity contribution >= 4 is 33.1 Å². The van der Waals surface area contributed by atoms with Crippen LogP contribution in [0.5, 0.6) is 0 Å². The highest BCUT2D eigenvalue weighted by atomic mass is 32.1. The van der Waals surface area contributed by atoms with Crippen LogP contribution in [0.25, 0.3) is 10.1 Å². The molecule has 1 aromatic carbocycles. The molecular formula is C19H16FN3OS. The van der Waals surface area contributed by atoms with Crippen molar-refractivity contribution in [2.24, 2.45) is 0 Å². The third-order valence-corrected chi connectivity index (χ3v) is 5.89. The van der Waals surface area contributed by atoms with Gasteiger partial charge in [-0.2, -0.15) is 0 Å². The highest BCUT2D eigenvalue weighted by Crippen LogP contribution is 2.45. The van der Waals surface area contributed by atoms with E-state index in [9.17, 15) is 9.18 Å². The molecule has 2 amide bonds. The lowest BCUT2D eigenvalue weighted by Crippen LogP contribution is -2.30. The quantitative estimate of drug-likeness (QED) is 0.749. The van der Waals surface area contributed by atoms with E-state index in [0.717, 1.165) is 10.3 Å². The summed E-state index contributed by atoms with van der Waals surface area (Å²) in [5.41, 5.74) is 2.92. The number of aromatic nitrogens is 1. The van der Waals surface area contributed by atoms with Crippen LogP contribution < -0.4 is 10.2 Å². The molecule has 3 heterocycles. The molecule has 1 saturated carbocycles. The maximum atomic E-state index is 14.4. The van der Waals surface area contributed by atoms with E-state index in [2.05, 4.69) is 16.4 Å². The smallest absolute Gasteiger partial charge is 0.322 e. The van der Waals surface area contributed by atoms with E-state index in [1.807, 2.05) is 23.8 Å². The zero-order valence-electron chi connectivity index (χ0n) is 13.4. The predicted molar refractivity (Wildman–Crippen MR) is 96.6 cm³/mol. The van der Waals surface area contributed by atoms with Crippen LogP contribution in [0.3, 0.4) is 0 Å². The average molecular weight is 353 g/mol. The minimum atomic E-state index is -0.291. The summed E-state index contributed by atoms with van der Waals surface area (Å²) in [7, 11) is 0. The number of hydrogen-bond acceptors (Lipinski definition) is 3. The number of anilines is 1. The van der Waals surface area contributed by atoms with E-state index in [4.69, 9.17) is 0 Å². The van der Waals surface area contributed by atoms with Crippen LogP contribution in [-0.2, 0) is 0 Å². The molecule has 0 radical (unpaired) electrons. The largest absolute Gasteiger partial charge is 0.335 e. The van der Waals surface area contributed by atoms with Gasteiger partial charge in [0.25, 0.3) is 0 Å². The number of hydrogen-bond donors (Lipinski definition) is 1. The molecule has 3 aromatic rings. The molecule has 1 unspecified atom stereocenters. The third-order valence-electron chi connectivity index (χ3n) is 5.02. The fraction of sp³-hybridized carbons (Fsp3) is 0.263. The molecule has 2 aromatic heterocycles. The normalized spacial score (nSPS) is 20.3. The number of thiophene rings is 1. The third kappa shape index (κ3) is 2.40. The summed E-state index contributed by atoms with van der Waals surface area (Å²) < 4.78 is 15.3. The van der Waals surface area contributed by atoms with Crippen molar-refractivity contribution in [3.8, 4) is 0 Å². The molecule has 25 heavy (non-hydrogen) atoms. The minimum absolute atomic E-state index is 0.159. The molecule has 126 valence electrons. The molecule has 1 N–H and O–H groups in total. The maximum absolute atomic E-state index is 14.4. The van der Waals surface area contributed by atoms with Crippen molar-refractivity contribution in [2.45, 2.75) is 24.8 Å². The Morgan fingerprint density at radius 2 is 2.12 bits per heavy atom. The minimum Gasteiger partial charge on any atom is -0.335 e. The molecule has 1 saturated heterocycles. The van der Waals surface area contributed by atoms with Crippen LogP contribution in [0.15, 0.2) is 42.0 Å². The van der Waals surface area contributed by atoms with E-state index in [1.54, 1.807) is 11.0 Å². The number of carbonyl (C=O) groups excluding carboxylic acids is 1. The Kier molecular flexibility index (Phi) is 3.28. The molecule has 1 aliphatic heterocycles. The topological polar surface area (TPSA) is 45.2 Å². The lowest BCUT2D eigenvalue weighted by Gasteiger charge is -2.25. The number of benzene rings is 1. The summed E-state index contributed by atoms with van der Waals surface area (Å²) in [6, 6.07) is 6.83. The van der Waals surface area contributed by atoms with Crippen molar-refractivity contribution in [1.82, 2.24) is 10.3 Å². The van der Waals surface area contributed by atoms with E-state index >= 15 is 0 Å². The van der Waals surface area contributed by atoms with Gasteiger partial charge >= 0.3 is 6.03 Å². The van der Waals surface area contributed by atoms with Crippen LogP contribution in [-0.4, -0.2) is 17.6 Å².